The van der Waals surface area contributed by atoms with Crippen molar-refractivity contribution in [2.45, 2.75) is 97.2 Å². The molecular weight excluding hydrogens is 364 g/mol. The fourth-order valence-corrected chi connectivity index (χ4v) is 7.48. The Bertz CT molecular complexity index is 643. The van der Waals surface area contributed by atoms with Crippen LogP contribution in [0.1, 0.15) is 85.0 Å². The number of hydrogen-bond acceptors (Lipinski definition) is 4. The molecule has 3 saturated carbocycles. The summed E-state index contributed by atoms with van der Waals surface area (Å²) in [4.78, 5) is 12.2. The summed E-state index contributed by atoms with van der Waals surface area (Å²) in [6, 6.07) is 0. The van der Waals surface area contributed by atoms with E-state index in [-0.39, 0.29) is 11.5 Å². The Labute approximate surface area is 176 Å². The highest BCUT2D eigenvalue weighted by atomic mass is 16.7. The molecule has 0 aliphatic heterocycles. The second-order valence-electron chi connectivity index (χ2n) is 10.5. The van der Waals surface area contributed by atoms with E-state index in [0.29, 0.717) is 24.0 Å². The maximum Gasteiger partial charge on any atom is 0.508 e. The number of ether oxygens (including phenoxy) is 3. The number of allylic oxidation sites excluding steroid dienone is 1. The summed E-state index contributed by atoms with van der Waals surface area (Å²) < 4.78 is 16.8. The zero-order valence-corrected chi connectivity index (χ0v) is 18.9. The molecule has 0 radical (unpaired) electrons. The molecule has 0 heterocycles. The molecule has 4 aliphatic carbocycles. The highest BCUT2D eigenvalue weighted by molar-refractivity contribution is 5.60. The molecule has 0 aromatic carbocycles. The van der Waals surface area contributed by atoms with Gasteiger partial charge < -0.3 is 14.2 Å². The van der Waals surface area contributed by atoms with Crippen LogP contribution in [-0.4, -0.2) is 32.1 Å². The van der Waals surface area contributed by atoms with Gasteiger partial charge in [-0.3, -0.25) is 0 Å². The third kappa shape index (κ3) is 3.64. The summed E-state index contributed by atoms with van der Waals surface area (Å²) in [5.74, 6) is 2.21. The minimum absolute atomic E-state index is 0.0246. The third-order valence-electron chi connectivity index (χ3n) is 9.24. The van der Waals surface area contributed by atoms with Crippen molar-refractivity contribution in [2.75, 3.05) is 13.7 Å². The Hall–Kier alpha value is -1.03. The molecule has 0 aromatic rings. The Morgan fingerprint density at radius 1 is 1.10 bits per heavy atom. The van der Waals surface area contributed by atoms with E-state index in [2.05, 4.69) is 26.8 Å². The van der Waals surface area contributed by atoms with Crippen LogP contribution >= 0.6 is 0 Å². The topological polar surface area (TPSA) is 44.8 Å². The SMILES string of the molecule is CCCCOC(=O)O[C@H]1CC[C@H]2[C@@H]3CCC4=C[C@@H](OC)CC[C@]4(C)[C@H]3CC[C@]12C. The van der Waals surface area contributed by atoms with Crippen LogP contribution in [0.5, 0.6) is 0 Å². The Balaban J connectivity index is 1.46. The smallest absolute Gasteiger partial charge is 0.434 e. The first-order valence-corrected chi connectivity index (χ1v) is 12.0. The molecule has 29 heavy (non-hydrogen) atoms. The van der Waals surface area contributed by atoms with E-state index >= 15 is 0 Å². The van der Waals surface area contributed by atoms with Gasteiger partial charge in [0.05, 0.1) is 12.7 Å². The van der Waals surface area contributed by atoms with E-state index in [4.69, 9.17) is 14.2 Å². The largest absolute Gasteiger partial charge is 0.508 e. The van der Waals surface area contributed by atoms with Crippen LogP contribution in [0.15, 0.2) is 11.6 Å². The first kappa shape index (κ1) is 21.2. The van der Waals surface area contributed by atoms with Gasteiger partial charge in [-0.1, -0.05) is 38.8 Å². The van der Waals surface area contributed by atoms with E-state index in [1.807, 2.05) is 7.11 Å². The first-order valence-electron chi connectivity index (χ1n) is 12.0. The lowest BCUT2D eigenvalue weighted by molar-refractivity contribution is -0.0891. The Morgan fingerprint density at radius 3 is 2.69 bits per heavy atom. The normalized spacial score (nSPS) is 43.6. The maximum absolute atomic E-state index is 12.2. The van der Waals surface area contributed by atoms with Crippen LogP contribution < -0.4 is 0 Å². The predicted octanol–water partition coefficient (Wildman–Crippen LogP) is 6.29. The van der Waals surface area contributed by atoms with Gasteiger partial charge in [0.15, 0.2) is 0 Å². The molecule has 4 nitrogen and oxygen atoms in total. The fraction of sp³-hybridized carbons (Fsp3) is 0.880. The molecule has 0 saturated heterocycles. The van der Waals surface area contributed by atoms with Crippen molar-refractivity contribution in [3.8, 4) is 0 Å². The quantitative estimate of drug-likeness (QED) is 0.307. The lowest BCUT2D eigenvalue weighted by Gasteiger charge is -2.58. The number of carbonyl (C=O) groups excluding carboxylic acids is 1. The molecule has 4 rings (SSSR count). The summed E-state index contributed by atoms with van der Waals surface area (Å²) in [5, 5.41) is 0. The number of rotatable bonds is 5. The van der Waals surface area contributed by atoms with Gasteiger partial charge >= 0.3 is 6.16 Å². The Morgan fingerprint density at radius 2 is 1.93 bits per heavy atom. The van der Waals surface area contributed by atoms with Crippen molar-refractivity contribution in [3.05, 3.63) is 11.6 Å². The average Bonchev–Trinajstić information content (AvgIpc) is 3.04. The molecule has 4 aliphatic rings. The fourth-order valence-electron chi connectivity index (χ4n) is 7.48. The zero-order valence-electron chi connectivity index (χ0n) is 18.9. The summed E-state index contributed by atoms with van der Waals surface area (Å²) in [6.07, 6.45) is 13.8. The molecule has 0 unspecified atom stereocenters. The molecule has 0 aromatic heterocycles. The van der Waals surface area contributed by atoms with Crippen LogP contribution in [-0.2, 0) is 14.2 Å². The molecule has 0 spiro atoms. The summed E-state index contributed by atoms with van der Waals surface area (Å²) in [7, 11) is 1.84. The molecule has 4 heteroatoms. The average molecular weight is 405 g/mol. The van der Waals surface area contributed by atoms with Gasteiger partial charge in [-0.15, -0.1) is 0 Å². The monoisotopic (exact) mass is 404 g/mol. The molecule has 7 atom stereocenters. The number of hydrogen-bond donors (Lipinski definition) is 0. The molecule has 0 amide bonds. The minimum atomic E-state index is -0.453. The van der Waals surface area contributed by atoms with Gasteiger partial charge in [-0.2, -0.15) is 0 Å². The summed E-state index contributed by atoms with van der Waals surface area (Å²) in [5.41, 5.74) is 2.12. The van der Waals surface area contributed by atoms with E-state index in [1.54, 1.807) is 5.57 Å². The second kappa shape index (κ2) is 8.24. The zero-order chi connectivity index (χ0) is 20.6. The third-order valence-corrected chi connectivity index (χ3v) is 9.24. The van der Waals surface area contributed by atoms with Crippen molar-refractivity contribution in [3.63, 3.8) is 0 Å². The van der Waals surface area contributed by atoms with Gasteiger partial charge in [0.2, 0.25) is 0 Å². The first-order chi connectivity index (χ1) is 13.9. The molecule has 164 valence electrons. The highest BCUT2D eigenvalue weighted by Crippen LogP contribution is 2.65. The van der Waals surface area contributed by atoms with Crippen LogP contribution in [0, 0.1) is 28.6 Å². The maximum atomic E-state index is 12.2. The number of fused-ring (bicyclic) bond motifs is 5. The lowest BCUT2D eigenvalue weighted by Crippen LogP contribution is -2.52. The van der Waals surface area contributed by atoms with Gasteiger partial charge in [-0.25, -0.2) is 4.79 Å². The van der Waals surface area contributed by atoms with E-state index in [9.17, 15) is 4.79 Å². The van der Waals surface area contributed by atoms with Crippen LogP contribution in [0.4, 0.5) is 4.79 Å². The van der Waals surface area contributed by atoms with Crippen molar-refractivity contribution in [2.24, 2.45) is 28.6 Å². The van der Waals surface area contributed by atoms with E-state index in [0.717, 1.165) is 37.5 Å². The van der Waals surface area contributed by atoms with Crippen molar-refractivity contribution in [1.29, 1.82) is 0 Å². The van der Waals surface area contributed by atoms with Crippen molar-refractivity contribution < 1.29 is 19.0 Å². The van der Waals surface area contributed by atoms with Gasteiger partial charge in [-0.05, 0) is 81.0 Å². The number of methoxy groups -OCH3 is 1. The van der Waals surface area contributed by atoms with Crippen LogP contribution in [0.3, 0.4) is 0 Å². The lowest BCUT2D eigenvalue weighted by atomic mass is 9.47. The van der Waals surface area contributed by atoms with Crippen molar-refractivity contribution in [1.82, 2.24) is 0 Å². The van der Waals surface area contributed by atoms with Gasteiger partial charge in [0, 0.05) is 12.5 Å². The van der Waals surface area contributed by atoms with Gasteiger partial charge in [0.1, 0.15) is 6.10 Å². The minimum Gasteiger partial charge on any atom is -0.434 e. The van der Waals surface area contributed by atoms with E-state index in [1.165, 1.54) is 38.5 Å². The molecular formula is C25H40O4. The number of unbranched alkanes of at least 4 members (excludes halogenated alkanes) is 1. The summed E-state index contributed by atoms with van der Waals surface area (Å²) in [6.45, 7) is 7.49. The molecule has 0 bridgehead atoms. The molecule has 3 fully saturated rings. The standard InChI is InChI=1S/C25H40O4/c1-5-6-15-28-23(26)29-22-10-9-20-19-8-7-17-16-18(27-4)11-13-24(17,2)21(19)12-14-25(20,22)3/h16,18-22H,5-15H2,1-4H3/t18-,19-,20-,21-,22-,24-,25-/m0/s1. The predicted molar refractivity (Wildman–Crippen MR) is 114 cm³/mol. The van der Waals surface area contributed by atoms with Crippen LogP contribution in [0.25, 0.3) is 0 Å². The highest BCUT2D eigenvalue weighted by Gasteiger charge is 2.60. The molecule has 0 N–H and O–H groups in total. The Kier molecular flexibility index (Phi) is 6.03. The van der Waals surface area contributed by atoms with Gasteiger partial charge in [0.25, 0.3) is 0 Å². The number of carbonyl (C=O) groups is 1. The van der Waals surface area contributed by atoms with E-state index < -0.39 is 6.16 Å². The van der Waals surface area contributed by atoms with Crippen molar-refractivity contribution >= 4 is 6.16 Å². The summed E-state index contributed by atoms with van der Waals surface area (Å²) >= 11 is 0. The second-order valence-corrected chi connectivity index (χ2v) is 10.5. The van der Waals surface area contributed by atoms with Crippen LogP contribution in [0.2, 0.25) is 0 Å².